The number of nitriles is 1. The Hall–Kier alpha value is -4.31. The summed E-state index contributed by atoms with van der Waals surface area (Å²) in [5, 5.41) is 10.7. The SMILES string of the molecule is Cc1cccc(C#N)c1-c1ccc(-c2c[nH]c3ncc(-c4ccc5c(c4)CC[C@@H](N4C6COCC4C6)CC5)cc23)nc1. The summed E-state index contributed by atoms with van der Waals surface area (Å²) in [4.78, 5) is 15.7. The second-order valence-corrected chi connectivity index (χ2v) is 12.1. The van der Waals surface area contributed by atoms with Gasteiger partial charge in [-0.15, -0.1) is 0 Å². The molecule has 2 aliphatic heterocycles. The molecule has 208 valence electrons. The maximum absolute atomic E-state index is 9.62. The van der Waals surface area contributed by atoms with Gasteiger partial charge in [-0.05, 0) is 79.5 Å². The van der Waals surface area contributed by atoms with Crippen molar-refractivity contribution in [2.75, 3.05) is 13.2 Å². The van der Waals surface area contributed by atoms with E-state index in [1.54, 1.807) is 0 Å². The lowest BCUT2D eigenvalue weighted by Gasteiger charge is -2.56. The summed E-state index contributed by atoms with van der Waals surface area (Å²) < 4.78 is 5.74. The Morgan fingerprint density at radius 2 is 1.69 bits per heavy atom. The monoisotopic (exact) mass is 551 g/mol. The number of nitrogens with one attached hydrogen (secondary N) is 1. The third-order valence-electron chi connectivity index (χ3n) is 9.72. The number of benzene rings is 2. The molecule has 8 rings (SSSR count). The van der Waals surface area contributed by atoms with Crippen molar-refractivity contribution in [3.63, 3.8) is 0 Å². The van der Waals surface area contributed by atoms with Gasteiger partial charge in [0.25, 0.3) is 0 Å². The van der Waals surface area contributed by atoms with Crippen molar-refractivity contribution >= 4 is 11.0 Å². The fourth-order valence-electron chi connectivity index (χ4n) is 7.55. The van der Waals surface area contributed by atoms with Crippen LogP contribution in [-0.4, -0.2) is 51.2 Å². The largest absolute Gasteiger partial charge is 0.378 e. The number of hydrogen-bond donors (Lipinski definition) is 1. The van der Waals surface area contributed by atoms with Crippen molar-refractivity contribution in [2.24, 2.45) is 0 Å². The Labute approximate surface area is 246 Å². The fourth-order valence-corrected chi connectivity index (χ4v) is 7.55. The van der Waals surface area contributed by atoms with E-state index in [1.165, 1.54) is 36.0 Å². The van der Waals surface area contributed by atoms with Crippen LogP contribution in [0.1, 0.15) is 41.5 Å². The van der Waals surface area contributed by atoms with Gasteiger partial charge in [0, 0.05) is 64.4 Å². The summed E-state index contributed by atoms with van der Waals surface area (Å²) in [7, 11) is 0. The summed E-state index contributed by atoms with van der Waals surface area (Å²) in [6.07, 6.45) is 11.9. The average Bonchev–Trinajstić information content (AvgIpc) is 3.35. The minimum Gasteiger partial charge on any atom is -0.378 e. The third-order valence-corrected chi connectivity index (χ3v) is 9.72. The number of H-pyrrole nitrogens is 1. The molecule has 6 heteroatoms. The average molecular weight is 552 g/mol. The Balaban J connectivity index is 1.07. The van der Waals surface area contributed by atoms with E-state index >= 15 is 0 Å². The van der Waals surface area contributed by atoms with E-state index in [0.29, 0.717) is 23.7 Å². The van der Waals surface area contributed by atoms with Crippen LogP contribution in [0, 0.1) is 18.3 Å². The van der Waals surface area contributed by atoms with Crippen molar-refractivity contribution in [3.05, 3.63) is 95.4 Å². The molecule has 2 aromatic carbocycles. The van der Waals surface area contributed by atoms with Crippen molar-refractivity contribution < 1.29 is 4.74 Å². The Morgan fingerprint density at radius 1 is 0.881 bits per heavy atom. The lowest BCUT2D eigenvalue weighted by atomic mass is 9.87. The molecule has 2 fully saturated rings. The van der Waals surface area contributed by atoms with Gasteiger partial charge in [-0.3, -0.25) is 9.88 Å². The maximum atomic E-state index is 9.62. The third kappa shape index (κ3) is 4.24. The van der Waals surface area contributed by atoms with Crippen LogP contribution >= 0.6 is 0 Å². The number of aromatic amines is 1. The Morgan fingerprint density at radius 3 is 2.48 bits per heavy atom. The summed E-state index contributed by atoms with van der Waals surface area (Å²) in [6, 6.07) is 23.4. The van der Waals surface area contributed by atoms with Gasteiger partial charge in [-0.1, -0.05) is 36.4 Å². The molecule has 0 saturated carbocycles. The van der Waals surface area contributed by atoms with E-state index in [2.05, 4.69) is 46.3 Å². The minimum atomic E-state index is 0.641. The molecule has 1 N–H and O–H groups in total. The molecule has 1 aliphatic carbocycles. The van der Waals surface area contributed by atoms with Crippen LogP contribution in [0.3, 0.4) is 0 Å². The molecule has 5 aromatic rings. The summed E-state index contributed by atoms with van der Waals surface area (Å²) in [5.41, 5.74) is 11.7. The molecule has 2 saturated heterocycles. The van der Waals surface area contributed by atoms with Gasteiger partial charge < -0.3 is 9.72 Å². The van der Waals surface area contributed by atoms with E-state index in [0.717, 1.165) is 70.6 Å². The van der Waals surface area contributed by atoms with Crippen LogP contribution in [-0.2, 0) is 17.6 Å². The number of hydrogen-bond acceptors (Lipinski definition) is 5. The van der Waals surface area contributed by atoms with Crippen molar-refractivity contribution in [3.8, 4) is 39.6 Å². The minimum absolute atomic E-state index is 0.641. The molecular weight excluding hydrogens is 518 g/mol. The molecular formula is C36H33N5O. The van der Waals surface area contributed by atoms with Crippen LogP contribution in [0.25, 0.3) is 44.5 Å². The van der Waals surface area contributed by atoms with Crippen LogP contribution in [0.5, 0.6) is 0 Å². The normalized spacial score (nSPS) is 21.8. The molecule has 0 amide bonds. The molecule has 6 nitrogen and oxygen atoms in total. The number of fused-ring (bicyclic) bond motifs is 4. The quantitative estimate of drug-likeness (QED) is 0.247. The van der Waals surface area contributed by atoms with Crippen LogP contribution in [0.4, 0.5) is 0 Å². The summed E-state index contributed by atoms with van der Waals surface area (Å²) in [5.74, 6) is 0. The van der Waals surface area contributed by atoms with E-state index in [1.807, 2.05) is 49.8 Å². The first-order valence-electron chi connectivity index (χ1n) is 15.1. The standard InChI is InChI=1S/C36H33N5O/c1-22-3-2-4-26(16-37)35(22)27-9-12-34(38-17-27)33-19-40-36-32(33)14-28(18-39-36)25-6-5-23-7-10-29(11-8-24(23)13-25)41-30-15-31(41)21-42-20-30/h2-6,9,12-14,17-19,29-31H,7-8,10-11,15,20-21H2,1H3,(H,39,40)/t29-,30?,31?/m0/s1. The van der Waals surface area contributed by atoms with E-state index < -0.39 is 0 Å². The number of rotatable bonds is 4. The highest BCUT2D eigenvalue weighted by Crippen LogP contribution is 2.38. The summed E-state index contributed by atoms with van der Waals surface area (Å²) >= 11 is 0. The molecule has 2 unspecified atom stereocenters. The zero-order valence-electron chi connectivity index (χ0n) is 23.8. The number of pyridine rings is 2. The number of aryl methyl sites for hydroxylation is 3. The first-order valence-corrected chi connectivity index (χ1v) is 15.1. The zero-order chi connectivity index (χ0) is 28.2. The predicted octanol–water partition coefficient (Wildman–Crippen LogP) is 6.86. The highest BCUT2D eigenvalue weighted by atomic mass is 16.5. The van der Waals surface area contributed by atoms with Crippen molar-refractivity contribution in [1.29, 1.82) is 5.26 Å². The number of nitrogens with zero attached hydrogens (tertiary/aromatic N) is 4. The number of ether oxygens (including phenoxy) is 1. The predicted molar refractivity (Wildman–Crippen MR) is 165 cm³/mol. The number of morpholine rings is 1. The lowest BCUT2D eigenvalue weighted by molar-refractivity contribution is -0.148. The van der Waals surface area contributed by atoms with E-state index in [9.17, 15) is 5.26 Å². The van der Waals surface area contributed by atoms with Gasteiger partial charge in [-0.2, -0.15) is 5.26 Å². The van der Waals surface area contributed by atoms with E-state index in [4.69, 9.17) is 14.7 Å². The molecule has 42 heavy (non-hydrogen) atoms. The van der Waals surface area contributed by atoms with Gasteiger partial charge in [0.2, 0.25) is 0 Å². The van der Waals surface area contributed by atoms with Crippen LogP contribution in [0.15, 0.2) is 73.2 Å². The highest BCUT2D eigenvalue weighted by molar-refractivity contribution is 5.95. The molecule has 0 spiro atoms. The lowest BCUT2D eigenvalue weighted by Crippen LogP contribution is -2.66. The highest BCUT2D eigenvalue weighted by Gasteiger charge is 2.45. The summed E-state index contributed by atoms with van der Waals surface area (Å²) in [6.45, 7) is 3.86. The second-order valence-electron chi connectivity index (χ2n) is 12.1. The molecule has 0 radical (unpaired) electrons. The number of aromatic nitrogens is 3. The Kier molecular flexibility index (Phi) is 6.17. The second kappa shape index (κ2) is 10.2. The van der Waals surface area contributed by atoms with Crippen LogP contribution < -0.4 is 0 Å². The van der Waals surface area contributed by atoms with E-state index in [-0.39, 0.29) is 0 Å². The first kappa shape index (κ1) is 25.4. The van der Waals surface area contributed by atoms with Crippen LogP contribution in [0.2, 0.25) is 0 Å². The Bertz CT molecular complexity index is 1840. The molecule has 3 aliphatic rings. The zero-order valence-corrected chi connectivity index (χ0v) is 23.8. The molecule has 3 atom stereocenters. The van der Waals surface area contributed by atoms with Crippen molar-refractivity contribution in [2.45, 2.75) is 57.2 Å². The van der Waals surface area contributed by atoms with Gasteiger partial charge in [0.15, 0.2) is 0 Å². The molecule has 2 bridgehead atoms. The maximum Gasteiger partial charge on any atom is 0.137 e. The molecule has 5 heterocycles. The molecule has 3 aromatic heterocycles. The van der Waals surface area contributed by atoms with Gasteiger partial charge >= 0.3 is 0 Å². The first-order chi connectivity index (χ1) is 20.7. The van der Waals surface area contributed by atoms with Gasteiger partial charge in [-0.25, -0.2) is 4.98 Å². The smallest absolute Gasteiger partial charge is 0.137 e. The topological polar surface area (TPSA) is 77.8 Å². The van der Waals surface area contributed by atoms with Gasteiger partial charge in [0.1, 0.15) is 5.65 Å². The van der Waals surface area contributed by atoms with Crippen molar-refractivity contribution in [1.82, 2.24) is 19.9 Å². The van der Waals surface area contributed by atoms with Gasteiger partial charge in [0.05, 0.1) is 30.5 Å². The fraction of sp³-hybridized carbons (Fsp3) is 0.306.